The van der Waals surface area contributed by atoms with Gasteiger partial charge in [0.2, 0.25) is 6.41 Å². The molecule has 0 fully saturated rings. The predicted molar refractivity (Wildman–Crippen MR) is 50.5 cm³/mol. The molecular formula is C10H10F3NO2. The maximum Gasteiger partial charge on any atom is 0.416 e. The number of nitrogens with one attached hydrogen (secondary N) is 1. The normalized spacial score (nSPS) is 13.2. The Labute approximate surface area is 89.9 Å². The van der Waals surface area contributed by atoms with Crippen LogP contribution in [0.3, 0.4) is 0 Å². The first-order valence-electron chi connectivity index (χ1n) is 4.46. The van der Waals surface area contributed by atoms with Gasteiger partial charge in [0.05, 0.1) is 18.2 Å². The maximum atomic E-state index is 12.4. The van der Waals surface area contributed by atoms with Gasteiger partial charge in [-0.25, -0.2) is 0 Å². The zero-order valence-electron chi connectivity index (χ0n) is 8.16. The zero-order valence-corrected chi connectivity index (χ0v) is 8.16. The van der Waals surface area contributed by atoms with E-state index in [2.05, 4.69) is 5.32 Å². The van der Waals surface area contributed by atoms with Crippen LogP contribution in [0.25, 0.3) is 0 Å². The lowest BCUT2D eigenvalue weighted by Crippen LogP contribution is -2.23. The number of rotatable bonds is 4. The van der Waals surface area contributed by atoms with Crippen molar-refractivity contribution in [3.8, 4) is 0 Å². The van der Waals surface area contributed by atoms with E-state index in [0.717, 1.165) is 12.1 Å². The van der Waals surface area contributed by atoms with Crippen molar-refractivity contribution in [1.29, 1.82) is 0 Å². The van der Waals surface area contributed by atoms with Crippen LogP contribution in [0.4, 0.5) is 13.2 Å². The third-order valence-electron chi connectivity index (χ3n) is 2.07. The summed E-state index contributed by atoms with van der Waals surface area (Å²) in [7, 11) is 0. The summed E-state index contributed by atoms with van der Waals surface area (Å²) >= 11 is 0. The van der Waals surface area contributed by atoms with Crippen molar-refractivity contribution in [3.05, 3.63) is 35.4 Å². The highest BCUT2D eigenvalue weighted by molar-refractivity contribution is 5.48. The molecule has 1 atom stereocenters. The Morgan fingerprint density at radius 3 is 2.62 bits per heavy atom. The summed E-state index contributed by atoms with van der Waals surface area (Å²) in [6.45, 7) is -0.458. The van der Waals surface area contributed by atoms with Crippen LogP contribution < -0.4 is 5.32 Å². The molecule has 3 nitrogen and oxygen atoms in total. The Morgan fingerprint density at radius 2 is 2.12 bits per heavy atom. The van der Waals surface area contributed by atoms with Gasteiger partial charge in [0.1, 0.15) is 0 Å². The first-order valence-corrected chi connectivity index (χ1v) is 4.46. The monoisotopic (exact) mass is 233 g/mol. The first kappa shape index (κ1) is 12.5. The molecule has 0 aliphatic carbocycles. The SMILES string of the molecule is O=CN[C@H](CO)c1cccc(C(F)(F)F)c1. The molecule has 1 rings (SSSR count). The Hall–Kier alpha value is -1.56. The van der Waals surface area contributed by atoms with E-state index in [1.54, 1.807) is 0 Å². The molecule has 1 aromatic carbocycles. The fourth-order valence-electron chi connectivity index (χ4n) is 1.27. The summed E-state index contributed by atoms with van der Waals surface area (Å²) < 4.78 is 37.1. The van der Waals surface area contributed by atoms with Crippen molar-refractivity contribution in [2.45, 2.75) is 12.2 Å². The molecule has 0 saturated heterocycles. The minimum Gasteiger partial charge on any atom is -0.394 e. The second kappa shape index (κ2) is 4.98. The highest BCUT2D eigenvalue weighted by Crippen LogP contribution is 2.30. The van der Waals surface area contributed by atoms with Crippen molar-refractivity contribution >= 4 is 6.41 Å². The van der Waals surface area contributed by atoms with E-state index < -0.39 is 24.4 Å². The van der Waals surface area contributed by atoms with E-state index in [-0.39, 0.29) is 5.56 Å². The standard InChI is InChI=1S/C10H10F3NO2/c11-10(12,13)8-3-1-2-7(4-8)9(5-15)14-6-16/h1-4,6,9,15H,5H2,(H,14,16)/t9-/m1/s1. The quantitative estimate of drug-likeness (QED) is 0.774. The summed E-state index contributed by atoms with van der Waals surface area (Å²) in [6.07, 6.45) is -4.10. The van der Waals surface area contributed by atoms with Crippen LogP contribution in [0.15, 0.2) is 24.3 Å². The molecule has 1 amide bonds. The number of aliphatic hydroxyl groups is 1. The van der Waals surface area contributed by atoms with E-state index >= 15 is 0 Å². The maximum absolute atomic E-state index is 12.4. The average molecular weight is 233 g/mol. The van der Waals surface area contributed by atoms with E-state index in [1.165, 1.54) is 12.1 Å². The molecular weight excluding hydrogens is 223 g/mol. The molecule has 0 aliphatic rings. The number of hydrogen-bond acceptors (Lipinski definition) is 2. The van der Waals surface area contributed by atoms with Gasteiger partial charge in [0.15, 0.2) is 0 Å². The lowest BCUT2D eigenvalue weighted by Gasteiger charge is -2.15. The summed E-state index contributed by atoms with van der Waals surface area (Å²) in [4.78, 5) is 10.2. The van der Waals surface area contributed by atoms with Crippen LogP contribution in [0.5, 0.6) is 0 Å². The Balaban J connectivity index is 3.01. The molecule has 0 bridgehead atoms. The topological polar surface area (TPSA) is 49.3 Å². The molecule has 0 unspecified atom stereocenters. The number of benzene rings is 1. The molecule has 2 N–H and O–H groups in total. The molecule has 0 aromatic heterocycles. The summed E-state index contributed by atoms with van der Waals surface area (Å²) in [5.41, 5.74) is -0.597. The van der Waals surface area contributed by atoms with E-state index in [1.807, 2.05) is 0 Å². The Morgan fingerprint density at radius 1 is 1.44 bits per heavy atom. The van der Waals surface area contributed by atoms with Gasteiger partial charge in [-0.05, 0) is 17.7 Å². The average Bonchev–Trinajstić information content (AvgIpc) is 2.25. The number of aliphatic hydroxyl groups excluding tert-OH is 1. The predicted octanol–water partition coefficient (Wildman–Crippen LogP) is 1.48. The fourth-order valence-corrected chi connectivity index (χ4v) is 1.27. The van der Waals surface area contributed by atoms with Crippen molar-refractivity contribution in [3.63, 3.8) is 0 Å². The molecule has 0 saturated carbocycles. The van der Waals surface area contributed by atoms with Crippen LogP contribution in [-0.4, -0.2) is 18.1 Å². The number of amides is 1. The molecule has 6 heteroatoms. The third-order valence-corrected chi connectivity index (χ3v) is 2.07. The lowest BCUT2D eigenvalue weighted by atomic mass is 10.0. The Kier molecular flexibility index (Phi) is 3.89. The molecule has 1 aromatic rings. The van der Waals surface area contributed by atoms with Gasteiger partial charge in [-0.15, -0.1) is 0 Å². The number of hydrogen-bond donors (Lipinski definition) is 2. The van der Waals surface area contributed by atoms with E-state index in [9.17, 15) is 18.0 Å². The lowest BCUT2D eigenvalue weighted by molar-refractivity contribution is -0.137. The summed E-state index contributed by atoms with van der Waals surface area (Å²) in [5, 5.41) is 11.1. The number of carbonyl (C=O) groups excluding carboxylic acids is 1. The smallest absolute Gasteiger partial charge is 0.394 e. The molecule has 0 spiro atoms. The van der Waals surface area contributed by atoms with Gasteiger partial charge in [-0.2, -0.15) is 13.2 Å². The van der Waals surface area contributed by atoms with Crippen LogP contribution in [-0.2, 0) is 11.0 Å². The van der Waals surface area contributed by atoms with Gasteiger partial charge in [0, 0.05) is 0 Å². The van der Waals surface area contributed by atoms with Gasteiger partial charge >= 0.3 is 6.18 Å². The molecule has 16 heavy (non-hydrogen) atoms. The van der Waals surface area contributed by atoms with Crippen LogP contribution in [0, 0.1) is 0 Å². The van der Waals surface area contributed by atoms with Gasteiger partial charge in [-0.3, -0.25) is 4.79 Å². The number of alkyl halides is 3. The van der Waals surface area contributed by atoms with Gasteiger partial charge < -0.3 is 10.4 Å². The number of carbonyl (C=O) groups is 1. The summed E-state index contributed by atoms with van der Waals surface area (Å²) in [5.74, 6) is 0. The van der Waals surface area contributed by atoms with Crippen molar-refractivity contribution in [2.24, 2.45) is 0 Å². The fraction of sp³-hybridized carbons (Fsp3) is 0.300. The third kappa shape index (κ3) is 2.96. The second-order valence-corrected chi connectivity index (χ2v) is 3.14. The zero-order chi connectivity index (χ0) is 12.2. The summed E-state index contributed by atoms with van der Waals surface area (Å²) in [6, 6.07) is 3.65. The Bertz CT molecular complexity index is 365. The van der Waals surface area contributed by atoms with Crippen molar-refractivity contribution < 1.29 is 23.1 Å². The van der Waals surface area contributed by atoms with Crippen LogP contribution in [0.1, 0.15) is 17.2 Å². The highest BCUT2D eigenvalue weighted by Gasteiger charge is 2.30. The number of halogens is 3. The second-order valence-electron chi connectivity index (χ2n) is 3.14. The van der Waals surface area contributed by atoms with Crippen molar-refractivity contribution in [1.82, 2.24) is 5.32 Å². The van der Waals surface area contributed by atoms with Crippen LogP contribution >= 0.6 is 0 Å². The molecule has 0 radical (unpaired) electrons. The van der Waals surface area contributed by atoms with E-state index in [0.29, 0.717) is 6.41 Å². The minimum absolute atomic E-state index is 0.212. The molecule has 0 heterocycles. The molecule has 0 aliphatic heterocycles. The largest absolute Gasteiger partial charge is 0.416 e. The van der Waals surface area contributed by atoms with Crippen LogP contribution in [0.2, 0.25) is 0 Å². The van der Waals surface area contributed by atoms with Crippen molar-refractivity contribution in [2.75, 3.05) is 6.61 Å². The molecule has 88 valence electrons. The first-order chi connectivity index (χ1) is 7.49. The van der Waals surface area contributed by atoms with Gasteiger partial charge in [-0.1, -0.05) is 12.1 Å². The minimum atomic E-state index is -4.43. The highest BCUT2D eigenvalue weighted by atomic mass is 19.4. The van der Waals surface area contributed by atoms with E-state index in [4.69, 9.17) is 5.11 Å². The van der Waals surface area contributed by atoms with Gasteiger partial charge in [0.25, 0.3) is 0 Å².